The van der Waals surface area contributed by atoms with Crippen LogP contribution in [0.5, 0.6) is 0 Å². The zero-order chi connectivity index (χ0) is 7.40. The molecule has 10 heavy (non-hydrogen) atoms. The lowest BCUT2D eigenvalue weighted by Gasteiger charge is -2.18. The van der Waals surface area contributed by atoms with E-state index < -0.39 is 0 Å². The summed E-state index contributed by atoms with van der Waals surface area (Å²) in [5.74, 6) is 0. The largest absolute Gasteiger partial charge is 0.281 e. The molecule has 0 fully saturated rings. The van der Waals surface area contributed by atoms with Crippen LogP contribution < -0.4 is 0 Å². The number of hydrogen-bond acceptors (Lipinski definition) is 2. The molecule has 0 aromatic heterocycles. The van der Waals surface area contributed by atoms with Gasteiger partial charge in [0, 0.05) is 13.1 Å². The Labute approximate surface area is 61.8 Å². The average molecular weight is 136 g/mol. The van der Waals surface area contributed by atoms with Crippen LogP contribution in [-0.4, -0.2) is 24.0 Å². The van der Waals surface area contributed by atoms with Gasteiger partial charge in [-0.05, 0) is 6.42 Å². The molecule has 0 aromatic rings. The number of nitrogens with zero attached hydrogens (tertiary/aromatic N) is 2. The van der Waals surface area contributed by atoms with Gasteiger partial charge in [-0.15, -0.1) is 0 Å². The molecule has 54 valence electrons. The molecule has 0 spiro atoms. The van der Waals surface area contributed by atoms with Gasteiger partial charge in [0.15, 0.2) is 0 Å². The Hall–Kier alpha value is -0.810. The molecule has 0 N–H and O–H groups in total. The Morgan fingerprint density at radius 2 is 2.20 bits per heavy atom. The van der Waals surface area contributed by atoms with Crippen molar-refractivity contribution in [1.82, 2.24) is 4.90 Å². The van der Waals surface area contributed by atoms with E-state index in [-0.39, 0.29) is 6.04 Å². The smallest absolute Gasteiger partial charge is 0.0980 e. The van der Waals surface area contributed by atoms with Gasteiger partial charge >= 0.3 is 0 Å². The zero-order valence-corrected chi connectivity index (χ0v) is 6.25. The Morgan fingerprint density at radius 3 is 2.60 bits per heavy atom. The van der Waals surface area contributed by atoms with Crippen molar-refractivity contribution in [3.05, 3.63) is 12.2 Å². The lowest BCUT2D eigenvalue weighted by Crippen LogP contribution is -2.31. The fourth-order valence-corrected chi connectivity index (χ4v) is 1.18. The van der Waals surface area contributed by atoms with Crippen LogP contribution in [0.25, 0.3) is 0 Å². The molecule has 2 nitrogen and oxygen atoms in total. The predicted octanol–water partition coefficient (Wildman–Crippen LogP) is 1.16. The molecule has 1 unspecified atom stereocenters. The molecular weight excluding hydrogens is 124 g/mol. The highest BCUT2D eigenvalue weighted by Gasteiger charge is 2.15. The first-order chi connectivity index (χ1) is 4.88. The van der Waals surface area contributed by atoms with E-state index in [0.29, 0.717) is 0 Å². The van der Waals surface area contributed by atoms with E-state index in [2.05, 4.69) is 23.1 Å². The Kier molecular flexibility index (Phi) is 2.47. The summed E-state index contributed by atoms with van der Waals surface area (Å²) in [6.07, 6.45) is 5.15. The number of rotatable bonds is 2. The highest BCUT2D eigenvalue weighted by Crippen LogP contribution is 2.07. The summed E-state index contributed by atoms with van der Waals surface area (Å²) in [7, 11) is 0. The minimum atomic E-state index is 0.120. The van der Waals surface area contributed by atoms with Crippen LogP contribution in [0.2, 0.25) is 0 Å². The molecule has 1 rings (SSSR count). The van der Waals surface area contributed by atoms with E-state index in [9.17, 15) is 0 Å². The maximum Gasteiger partial charge on any atom is 0.0980 e. The van der Waals surface area contributed by atoms with E-state index in [1.807, 2.05) is 6.92 Å². The molecule has 0 aromatic carbocycles. The highest BCUT2D eigenvalue weighted by atomic mass is 15.2. The Bertz CT molecular complexity index is 159. The summed E-state index contributed by atoms with van der Waals surface area (Å²) in [6, 6.07) is 2.40. The van der Waals surface area contributed by atoms with Gasteiger partial charge in [-0.3, -0.25) is 4.90 Å². The highest BCUT2D eigenvalue weighted by molar-refractivity contribution is 5.02. The van der Waals surface area contributed by atoms with Gasteiger partial charge in [-0.1, -0.05) is 19.1 Å². The van der Waals surface area contributed by atoms with Crippen LogP contribution in [0.3, 0.4) is 0 Å². The first-order valence-corrected chi connectivity index (χ1v) is 3.67. The molecule has 0 saturated heterocycles. The van der Waals surface area contributed by atoms with Crippen molar-refractivity contribution in [2.45, 2.75) is 19.4 Å². The van der Waals surface area contributed by atoms with E-state index in [1.165, 1.54) is 0 Å². The summed E-state index contributed by atoms with van der Waals surface area (Å²) in [6.45, 7) is 3.95. The van der Waals surface area contributed by atoms with Gasteiger partial charge in [0.2, 0.25) is 0 Å². The normalized spacial score (nSPS) is 20.8. The molecule has 1 heterocycles. The standard InChI is InChI=1S/C8H12N2/c1-2-8(7-9)10-5-3-4-6-10/h3-4,8H,2,5-6H2,1H3. The quantitative estimate of drug-likeness (QED) is 0.533. The Balaban J connectivity index is 2.41. The van der Waals surface area contributed by atoms with Gasteiger partial charge in [-0.25, -0.2) is 0 Å². The first kappa shape index (κ1) is 7.30. The van der Waals surface area contributed by atoms with Gasteiger partial charge in [-0.2, -0.15) is 5.26 Å². The third-order valence-electron chi connectivity index (χ3n) is 1.82. The maximum absolute atomic E-state index is 8.67. The summed E-state index contributed by atoms with van der Waals surface area (Å²) in [4.78, 5) is 2.17. The second-order valence-corrected chi connectivity index (χ2v) is 2.48. The van der Waals surface area contributed by atoms with Crippen molar-refractivity contribution in [3.63, 3.8) is 0 Å². The van der Waals surface area contributed by atoms with Gasteiger partial charge in [0.05, 0.1) is 12.1 Å². The molecule has 2 heteroatoms. The minimum absolute atomic E-state index is 0.120. The third kappa shape index (κ3) is 1.37. The van der Waals surface area contributed by atoms with Crippen molar-refractivity contribution in [2.24, 2.45) is 0 Å². The van der Waals surface area contributed by atoms with E-state index in [1.54, 1.807) is 0 Å². The van der Waals surface area contributed by atoms with Crippen molar-refractivity contribution in [1.29, 1.82) is 5.26 Å². The van der Waals surface area contributed by atoms with Crippen molar-refractivity contribution in [3.8, 4) is 6.07 Å². The van der Waals surface area contributed by atoms with Crippen LogP contribution in [-0.2, 0) is 0 Å². The van der Waals surface area contributed by atoms with Crippen molar-refractivity contribution < 1.29 is 0 Å². The van der Waals surface area contributed by atoms with Crippen LogP contribution in [0.15, 0.2) is 12.2 Å². The first-order valence-electron chi connectivity index (χ1n) is 3.67. The van der Waals surface area contributed by atoms with E-state index in [0.717, 1.165) is 19.5 Å². The van der Waals surface area contributed by atoms with Gasteiger partial charge in [0.1, 0.15) is 0 Å². The van der Waals surface area contributed by atoms with Gasteiger partial charge in [0.25, 0.3) is 0 Å². The summed E-state index contributed by atoms with van der Waals surface area (Å²) >= 11 is 0. The topological polar surface area (TPSA) is 27.0 Å². The molecular formula is C8H12N2. The molecule has 1 aliphatic rings. The zero-order valence-electron chi connectivity index (χ0n) is 6.25. The fourth-order valence-electron chi connectivity index (χ4n) is 1.18. The fraction of sp³-hybridized carbons (Fsp3) is 0.625. The second kappa shape index (κ2) is 3.38. The van der Waals surface area contributed by atoms with Crippen LogP contribution >= 0.6 is 0 Å². The lowest BCUT2D eigenvalue weighted by atomic mass is 10.2. The SMILES string of the molecule is CCC(C#N)N1CC=CC1. The third-order valence-corrected chi connectivity index (χ3v) is 1.82. The number of nitriles is 1. The molecule has 0 bridgehead atoms. The van der Waals surface area contributed by atoms with E-state index in [4.69, 9.17) is 5.26 Å². The van der Waals surface area contributed by atoms with Crippen LogP contribution in [0.1, 0.15) is 13.3 Å². The monoisotopic (exact) mass is 136 g/mol. The summed E-state index contributed by atoms with van der Waals surface area (Å²) in [5, 5.41) is 8.67. The Morgan fingerprint density at radius 1 is 1.60 bits per heavy atom. The molecule has 1 atom stereocenters. The molecule has 0 radical (unpaired) electrons. The van der Waals surface area contributed by atoms with Crippen LogP contribution in [0, 0.1) is 11.3 Å². The van der Waals surface area contributed by atoms with E-state index >= 15 is 0 Å². The van der Waals surface area contributed by atoms with Crippen LogP contribution in [0.4, 0.5) is 0 Å². The second-order valence-electron chi connectivity index (χ2n) is 2.48. The molecule has 0 amide bonds. The summed E-state index contributed by atoms with van der Waals surface area (Å²) < 4.78 is 0. The van der Waals surface area contributed by atoms with Gasteiger partial charge < -0.3 is 0 Å². The molecule has 0 aliphatic carbocycles. The predicted molar refractivity (Wildman–Crippen MR) is 40.4 cm³/mol. The average Bonchev–Trinajstić information content (AvgIpc) is 2.43. The maximum atomic E-state index is 8.67. The molecule has 0 saturated carbocycles. The summed E-state index contributed by atoms with van der Waals surface area (Å²) in [5.41, 5.74) is 0. The minimum Gasteiger partial charge on any atom is -0.281 e. The molecule has 1 aliphatic heterocycles. The number of hydrogen-bond donors (Lipinski definition) is 0. The van der Waals surface area contributed by atoms with Crippen molar-refractivity contribution in [2.75, 3.05) is 13.1 Å². The van der Waals surface area contributed by atoms with Crippen molar-refractivity contribution >= 4 is 0 Å². The lowest BCUT2D eigenvalue weighted by molar-refractivity contribution is 0.295.